The second-order valence-corrected chi connectivity index (χ2v) is 4.43. The Hall–Kier alpha value is -1.10. The molecular weight excluding hydrogens is 212 g/mol. The number of carboxylic acid groups (broad SMARTS) is 1. The molecule has 1 heterocycles. The van der Waals surface area contributed by atoms with Gasteiger partial charge in [0.15, 0.2) is 0 Å². The summed E-state index contributed by atoms with van der Waals surface area (Å²) in [6.45, 7) is 1.73. The Morgan fingerprint density at radius 2 is 2.13 bits per heavy atom. The molecule has 1 saturated carbocycles. The summed E-state index contributed by atoms with van der Waals surface area (Å²) in [7, 11) is 0. The minimum atomic E-state index is -0.945. The average molecular weight is 224 g/mol. The third kappa shape index (κ3) is 1.97. The minimum absolute atomic E-state index is 0.243. The molecule has 0 radical (unpaired) electrons. The molecule has 0 saturated heterocycles. The molecule has 1 aromatic heterocycles. The van der Waals surface area contributed by atoms with Crippen LogP contribution < -0.4 is 0 Å². The molecule has 5 heteroatoms. The van der Waals surface area contributed by atoms with Crippen molar-refractivity contribution >= 4 is 17.7 Å². The molecule has 0 bridgehead atoms. The highest BCUT2D eigenvalue weighted by atomic mass is 32.2. The largest absolute Gasteiger partial charge is 0.478 e. The van der Waals surface area contributed by atoms with Crippen molar-refractivity contribution in [2.45, 2.75) is 30.7 Å². The summed E-state index contributed by atoms with van der Waals surface area (Å²) in [5.41, 5.74) is 0.815. The van der Waals surface area contributed by atoms with Gasteiger partial charge in [0.2, 0.25) is 0 Å². The fourth-order valence-corrected chi connectivity index (χ4v) is 2.11. The van der Waals surface area contributed by atoms with E-state index in [1.54, 1.807) is 6.92 Å². The van der Waals surface area contributed by atoms with E-state index in [1.165, 1.54) is 11.8 Å². The van der Waals surface area contributed by atoms with E-state index in [-0.39, 0.29) is 5.56 Å². The van der Waals surface area contributed by atoms with Gasteiger partial charge < -0.3 is 5.11 Å². The fraction of sp³-hybridized carbons (Fsp3) is 0.500. The Balaban J connectivity index is 2.50. The first-order chi connectivity index (χ1) is 7.13. The highest BCUT2D eigenvalue weighted by Crippen LogP contribution is 2.39. The van der Waals surface area contributed by atoms with Crippen molar-refractivity contribution in [3.05, 3.63) is 17.1 Å². The predicted molar refractivity (Wildman–Crippen MR) is 57.5 cm³/mol. The molecule has 0 spiro atoms. The zero-order valence-electron chi connectivity index (χ0n) is 8.65. The fourth-order valence-electron chi connectivity index (χ4n) is 1.49. The molecule has 0 amide bonds. The maximum atomic E-state index is 11.0. The summed E-state index contributed by atoms with van der Waals surface area (Å²) in [6.07, 6.45) is 4.09. The zero-order valence-corrected chi connectivity index (χ0v) is 9.47. The standard InChI is InChI=1S/C10H12N2O2S/c1-5-7(10(13)14)9(15-2)12-8(11-5)6-3-4-6/h6H,3-4H2,1-2H3,(H,13,14). The van der Waals surface area contributed by atoms with Crippen molar-refractivity contribution in [2.75, 3.05) is 6.26 Å². The lowest BCUT2D eigenvalue weighted by Crippen LogP contribution is -2.08. The quantitative estimate of drug-likeness (QED) is 0.629. The number of carbonyl (C=O) groups is 1. The first-order valence-corrected chi connectivity index (χ1v) is 6.01. The van der Waals surface area contributed by atoms with Crippen LogP contribution in [0.2, 0.25) is 0 Å². The van der Waals surface area contributed by atoms with Crippen LogP contribution in [0.1, 0.15) is 40.6 Å². The Morgan fingerprint density at radius 3 is 2.60 bits per heavy atom. The van der Waals surface area contributed by atoms with Crippen LogP contribution in [0.25, 0.3) is 0 Å². The Morgan fingerprint density at radius 1 is 1.47 bits per heavy atom. The molecular formula is C10H12N2O2S. The number of hydrogen-bond acceptors (Lipinski definition) is 4. The molecule has 1 aliphatic carbocycles. The van der Waals surface area contributed by atoms with E-state index in [1.807, 2.05) is 6.26 Å². The molecule has 2 rings (SSSR count). The van der Waals surface area contributed by atoms with Crippen molar-refractivity contribution in [2.24, 2.45) is 0 Å². The third-order valence-electron chi connectivity index (χ3n) is 2.42. The van der Waals surface area contributed by atoms with Gasteiger partial charge in [-0.05, 0) is 26.0 Å². The zero-order chi connectivity index (χ0) is 11.0. The highest BCUT2D eigenvalue weighted by Gasteiger charge is 2.28. The van der Waals surface area contributed by atoms with Crippen LogP contribution in [-0.2, 0) is 0 Å². The Labute approximate surface area is 92.1 Å². The van der Waals surface area contributed by atoms with Crippen LogP contribution in [0.5, 0.6) is 0 Å². The average Bonchev–Trinajstić information content (AvgIpc) is 2.98. The molecule has 80 valence electrons. The number of rotatable bonds is 3. The first-order valence-electron chi connectivity index (χ1n) is 4.79. The monoisotopic (exact) mass is 224 g/mol. The number of carboxylic acids is 1. The summed E-state index contributed by atoms with van der Waals surface area (Å²) in [5, 5.41) is 9.61. The topological polar surface area (TPSA) is 63.1 Å². The van der Waals surface area contributed by atoms with E-state index in [0.29, 0.717) is 16.6 Å². The number of thioether (sulfide) groups is 1. The predicted octanol–water partition coefficient (Wildman–Crippen LogP) is 2.08. The van der Waals surface area contributed by atoms with Gasteiger partial charge in [-0.2, -0.15) is 0 Å². The smallest absolute Gasteiger partial charge is 0.340 e. The minimum Gasteiger partial charge on any atom is -0.478 e. The molecule has 1 fully saturated rings. The third-order valence-corrected chi connectivity index (χ3v) is 3.11. The van der Waals surface area contributed by atoms with Gasteiger partial charge >= 0.3 is 5.97 Å². The second kappa shape index (κ2) is 3.81. The lowest BCUT2D eigenvalue weighted by molar-refractivity contribution is 0.0690. The van der Waals surface area contributed by atoms with Gasteiger partial charge in [-0.3, -0.25) is 0 Å². The second-order valence-electron chi connectivity index (χ2n) is 3.63. The van der Waals surface area contributed by atoms with E-state index in [9.17, 15) is 4.79 Å². The molecule has 0 aromatic carbocycles. The van der Waals surface area contributed by atoms with E-state index in [0.717, 1.165) is 18.7 Å². The van der Waals surface area contributed by atoms with Gasteiger partial charge in [0, 0.05) is 5.92 Å². The summed E-state index contributed by atoms with van der Waals surface area (Å²) in [4.78, 5) is 19.6. The van der Waals surface area contributed by atoms with Crippen LogP contribution in [0, 0.1) is 6.92 Å². The summed E-state index contributed by atoms with van der Waals surface area (Å²) >= 11 is 1.37. The molecule has 1 aromatic rings. The van der Waals surface area contributed by atoms with Crippen molar-refractivity contribution in [1.82, 2.24) is 9.97 Å². The number of aromatic nitrogens is 2. The van der Waals surface area contributed by atoms with Gasteiger partial charge in [0.05, 0.1) is 5.69 Å². The van der Waals surface area contributed by atoms with Crippen LogP contribution >= 0.6 is 11.8 Å². The van der Waals surface area contributed by atoms with Crippen LogP contribution in [0.4, 0.5) is 0 Å². The number of aryl methyl sites for hydroxylation is 1. The first kappa shape index (κ1) is 10.4. The summed E-state index contributed by atoms with van der Waals surface area (Å²) in [6, 6.07) is 0. The lowest BCUT2D eigenvalue weighted by atomic mass is 10.2. The molecule has 4 nitrogen and oxygen atoms in total. The van der Waals surface area contributed by atoms with Crippen molar-refractivity contribution in [1.29, 1.82) is 0 Å². The SMILES string of the molecule is CSc1nc(C2CC2)nc(C)c1C(=O)O. The molecule has 1 aliphatic rings. The van der Waals surface area contributed by atoms with E-state index in [2.05, 4.69) is 9.97 Å². The number of hydrogen-bond donors (Lipinski definition) is 1. The molecule has 0 aliphatic heterocycles. The van der Waals surface area contributed by atoms with Crippen molar-refractivity contribution < 1.29 is 9.90 Å². The lowest BCUT2D eigenvalue weighted by Gasteiger charge is -2.07. The van der Waals surface area contributed by atoms with E-state index < -0.39 is 5.97 Å². The number of nitrogens with zero attached hydrogens (tertiary/aromatic N) is 2. The molecule has 0 atom stereocenters. The maximum Gasteiger partial charge on any atom is 0.340 e. The van der Waals surface area contributed by atoms with Gasteiger partial charge in [-0.1, -0.05) is 0 Å². The van der Waals surface area contributed by atoms with Crippen molar-refractivity contribution in [3.63, 3.8) is 0 Å². The highest BCUT2D eigenvalue weighted by molar-refractivity contribution is 7.98. The summed E-state index contributed by atoms with van der Waals surface area (Å²) in [5.74, 6) is 0.318. The van der Waals surface area contributed by atoms with Crippen LogP contribution in [-0.4, -0.2) is 27.3 Å². The van der Waals surface area contributed by atoms with Crippen LogP contribution in [0.3, 0.4) is 0 Å². The maximum absolute atomic E-state index is 11.0. The Bertz CT molecular complexity index is 416. The molecule has 0 unspecified atom stereocenters. The summed E-state index contributed by atoms with van der Waals surface area (Å²) < 4.78 is 0. The van der Waals surface area contributed by atoms with E-state index >= 15 is 0 Å². The normalized spacial score (nSPS) is 15.3. The van der Waals surface area contributed by atoms with Crippen molar-refractivity contribution in [3.8, 4) is 0 Å². The van der Waals surface area contributed by atoms with E-state index in [4.69, 9.17) is 5.11 Å². The Kier molecular flexibility index (Phi) is 2.65. The van der Waals surface area contributed by atoms with Crippen LogP contribution in [0.15, 0.2) is 5.03 Å². The molecule has 15 heavy (non-hydrogen) atoms. The van der Waals surface area contributed by atoms with Gasteiger partial charge in [-0.15, -0.1) is 11.8 Å². The molecule has 1 N–H and O–H groups in total. The van der Waals surface area contributed by atoms with Gasteiger partial charge in [-0.25, -0.2) is 14.8 Å². The van der Waals surface area contributed by atoms with Gasteiger partial charge in [0.1, 0.15) is 16.4 Å². The number of aromatic carboxylic acids is 1. The van der Waals surface area contributed by atoms with Gasteiger partial charge in [0.25, 0.3) is 0 Å².